The number of nitriles is 1. The highest BCUT2D eigenvalue weighted by Gasteiger charge is 2.24. The number of nitrogens with one attached hydrogen (secondary N) is 1. The fourth-order valence-electron chi connectivity index (χ4n) is 2.66. The number of hydrogen-bond acceptors (Lipinski definition) is 3. The van der Waals surface area contributed by atoms with E-state index in [1.54, 1.807) is 7.11 Å². The molecule has 1 aromatic rings. The zero-order valence-corrected chi connectivity index (χ0v) is 11.8. The van der Waals surface area contributed by atoms with Crippen molar-refractivity contribution in [3.05, 3.63) is 29.8 Å². The van der Waals surface area contributed by atoms with Crippen LogP contribution in [0.3, 0.4) is 0 Å². The van der Waals surface area contributed by atoms with Crippen LogP contribution in [0.4, 0.5) is 0 Å². The SMILES string of the molecule is COc1ccccc1CC(C#N)C(=O)NC1CCCC1. The summed E-state index contributed by atoms with van der Waals surface area (Å²) in [4.78, 5) is 12.2. The van der Waals surface area contributed by atoms with E-state index in [1.807, 2.05) is 24.3 Å². The van der Waals surface area contributed by atoms with Crippen LogP contribution in [-0.4, -0.2) is 19.1 Å². The van der Waals surface area contributed by atoms with Crippen LogP contribution in [0.2, 0.25) is 0 Å². The molecule has 1 unspecified atom stereocenters. The summed E-state index contributed by atoms with van der Waals surface area (Å²) in [6.45, 7) is 0. The van der Waals surface area contributed by atoms with Gasteiger partial charge in [-0.15, -0.1) is 0 Å². The molecule has 20 heavy (non-hydrogen) atoms. The van der Waals surface area contributed by atoms with Gasteiger partial charge in [0.1, 0.15) is 11.7 Å². The summed E-state index contributed by atoms with van der Waals surface area (Å²) in [6.07, 6.45) is 4.76. The Hall–Kier alpha value is -2.02. The molecule has 106 valence electrons. The van der Waals surface area contributed by atoms with Crippen LogP contribution in [0.1, 0.15) is 31.2 Å². The van der Waals surface area contributed by atoms with Crippen LogP contribution in [0.25, 0.3) is 0 Å². The molecule has 1 amide bonds. The summed E-state index contributed by atoms with van der Waals surface area (Å²) >= 11 is 0. The van der Waals surface area contributed by atoms with Gasteiger partial charge in [-0.25, -0.2) is 0 Å². The standard InChI is InChI=1S/C16H20N2O2/c1-20-15-9-5-2-6-12(15)10-13(11-17)16(19)18-14-7-3-4-8-14/h2,5-6,9,13-14H,3-4,7-8,10H2,1H3,(H,18,19). The van der Waals surface area contributed by atoms with E-state index >= 15 is 0 Å². The molecule has 1 saturated carbocycles. The number of ether oxygens (including phenoxy) is 1. The molecule has 0 heterocycles. The number of carbonyl (C=O) groups excluding carboxylic acids is 1. The van der Waals surface area contributed by atoms with Gasteiger partial charge in [-0.1, -0.05) is 31.0 Å². The first-order chi connectivity index (χ1) is 9.74. The van der Waals surface area contributed by atoms with Gasteiger partial charge in [-0.2, -0.15) is 5.26 Å². The molecular formula is C16H20N2O2. The average molecular weight is 272 g/mol. The minimum absolute atomic E-state index is 0.162. The Bertz CT molecular complexity index is 501. The minimum Gasteiger partial charge on any atom is -0.496 e. The normalized spacial score (nSPS) is 16.4. The molecule has 1 aromatic carbocycles. The highest BCUT2D eigenvalue weighted by molar-refractivity contribution is 5.81. The smallest absolute Gasteiger partial charge is 0.237 e. The van der Waals surface area contributed by atoms with Gasteiger partial charge in [0.05, 0.1) is 13.2 Å². The van der Waals surface area contributed by atoms with Crippen molar-refractivity contribution < 1.29 is 9.53 Å². The van der Waals surface area contributed by atoms with Crippen molar-refractivity contribution in [3.8, 4) is 11.8 Å². The maximum absolute atomic E-state index is 12.2. The highest BCUT2D eigenvalue weighted by Crippen LogP contribution is 2.22. The van der Waals surface area contributed by atoms with Gasteiger partial charge in [-0.05, 0) is 24.5 Å². The largest absolute Gasteiger partial charge is 0.496 e. The second-order valence-electron chi connectivity index (χ2n) is 5.19. The van der Waals surface area contributed by atoms with Gasteiger partial charge in [0.2, 0.25) is 5.91 Å². The second kappa shape index (κ2) is 6.95. The van der Waals surface area contributed by atoms with Gasteiger partial charge in [-0.3, -0.25) is 4.79 Å². The molecule has 0 aromatic heterocycles. The van der Waals surface area contributed by atoms with E-state index in [2.05, 4.69) is 11.4 Å². The van der Waals surface area contributed by atoms with E-state index in [-0.39, 0.29) is 11.9 Å². The van der Waals surface area contributed by atoms with Crippen molar-refractivity contribution in [2.45, 2.75) is 38.1 Å². The molecule has 0 radical (unpaired) electrons. The highest BCUT2D eigenvalue weighted by atomic mass is 16.5. The third kappa shape index (κ3) is 3.51. The van der Waals surface area contributed by atoms with Crippen LogP contribution < -0.4 is 10.1 Å². The summed E-state index contributed by atoms with van der Waals surface area (Å²) in [5.41, 5.74) is 0.892. The molecule has 1 N–H and O–H groups in total. The zero-order valence-electron chi connectivity index (χ0n) is 11.8. The van der Waals surface area contributed by atoms with Gasteiger partial charge >= 0.3 is 0 Å². The second-order valence-corrected chi connectivity index (χ2v) is 5.19. The van der Waals surface area contributed by atoms with Crippen molar-refractivity contribution >= 4 is 5.91 Å². The van der Waals surface area contributed by atoms with Gasteiger partial charge in [0, 0.05) is 12.5 Å². The Labute approximate surface area is 119 Å². The lowest BCUT2D eigenvalue weighted by molar-refractivity contribution is -0.124. The van der Waals surface area contributed by atoms with E-state index in [0.29, 0.717) is 6.42 Å². The maximum Gasteiger partial charge on any atom is 0.237 e. The molecule has 4 heteroatoms. The summed E-state index contributed by atoms with van der Waals surface area (Å²) in [5, 5.41) is 12.2. The van der Waals surface area contributed by atoms with Crippen molar-refractivity contribution in [1.29, 1.82) is 5.26 Å². The van der Waals surface area contributed by atoms with Gasteiger partial charge in [0.15, 0.2) is 0 Å². The van der Waals surface area contributed by atoms with Crippen molar-refractivity contribution in [2.24, 2.45) is 5.92 Å². The van der Waals surface area contributed by atoms with E-state index < -0.39 is 5.92 Å². The monoisotopic (exact) mass is 272 g/mol. The molecule has 0 aliphatic heterocycles. The lowest BCUT2D eigenvalue weighted by Gasteiger charge is -2.16. The molecule has 0 bridgehead atoms. The number of rotatable bonds is 5. The van der Waals surface area contributed by atoms with E-state index in [0.717, 1.165) is 37.0 Å². The Balaban J connectivity index is 2.01. The van der Waals surface area contributed by atoms with Crippen LogP contribution in [0.15, 0.2) is 24.3 Å². The molecule has 1 fully saturated rings. The molecule has 0 spiro atoms. The van der Waals surface area contributed by atoms with E-state index in [4.69, 9.17) is 4.74 Å². The van der Waals surface area contributed by atoms with Gasteiger partial charge in [0.25, 0.3) is 0 Å². The van der Waals surface area contributed by atoms with Crippen LogP contribution in [-0.2, 0) is 11.2 Å². The summed E-state index contributed by atoms with van der Waals surface area (Å²) < 4.78 is 5.26. The Kier molecular flexibility index (Phi) is 5.00. The third-order valence-corrected chi connectivity index (χ3v) is 3.79. The van der Waals surface area contributed by atoms with Crippen molar-refractivity contribution in [3.63, 3.8) is 0 Å². The lowest BCUT2D eigenvalue weighted by Crippen LogP contribution is -2.37. The molecule has 1 aliphatic rings. The number of carbonyl (C=O) groups is 1. The molecule has 1 atom stereocenters. The van der Waals surface area contributed by atoms with Gasteiger partial charge < -0.3 is 10.1 Å². The molecule has 0 saturated heterocycles. The van der Waals surface area contributed by atoms with Crippen LogP contribution in [0.5, 0.6) is 5.75 Å². The number of amides is 1. The fraction of sp³-hybridized carbons (Fsp3) is 0.500. The number of nitrogens with zero attached hydrogens (tertiary/aromatic N) is 1. The summed E-state index contributed by atoms with van der Waals surface area (Å²) in [7, 11) is 1.60. The quantitative estimate of drug-likeness (QED) is 0.895. The maximum atomic E-state index is 12.2. The predicted octanol–water partition coefficient (Wildman–Crippen LogP) is 2.44. The Morgan fingerprint density at radius 3 is 2.80 bits per heavy atom. The van der Waals surface area contributed by atoms with Crippen molar-refractivity contribution in [2.75, 3.05) is 7.11 Å². The fourth-order valence-corrected chi connectivity index (χ4v) is 2.66. The van der Waals surface area contributed by atoms with E-state index in [1.165, 1.54) is 0 Å². The summed E-state index contributed by atoms with van der Waals surface area (Å²) in [5.74, 6) is -0.0985. The van der Waals surface area contributed by atoms with Crippen LogP contribution in [0, 0.1) is 17.2 Å². The lowest BCUT2D eigenvalue weighted by atomic mass is 9.98. The van der Waals surface area contributed by atoms with E-state index in [9.17, 15) is 10.1 Å². The zero-order chi connectivity index (χ0) is 14.4. The number of methoxy groups -OCH3 is 1. The summed E-state index contributed by atoms with van der Waals surface area (Å²) in [6, 6.07) is 9.86. The topological polar surface area (TPSA) is 62.1 Å². The molecular weight excluding hydrogens is 252 g/mol. The first-order valence-corrected chi connectivity index (χ1v) is 7.06. The Morgan fingerprint density at radius 1 is 1.45 bits per heavy atom. The Morgan fingerprint density at radius 2 is 2.15 bits per heavy atom. The number of para-hydroxylation sites is 1. The molecule has 2 rings (SSSR count). The minimum atomic E-state index is -0.660. The first kappa shape index (κ1) is 14.4. The average Bonchev–Trinajstić information content (AvgIpc) is 2.97. The number of hydrogen-bond donors (Lipinski definition) is 1. The first-order valence-electron chi connectivity index (χ1n) is 7.06. The number of benzene rings is 1. The van der Waals surface area contributed by atoms with Crippen molar-refractivity contribution in [1.82, 2.24) is 5.32 Å². The predicted molar refractivity (Wildman–Crippen MR) is 76.2 cm³/mol. The molecule has 1 aliphatic carbocycles. The third-order valence-electron chi connectivity index (χ3n) is 3.79. The van der Waals surface area contributed by atoms with Crippen LogP contribution >= 0.6 is 0 Å². The molecule has 4 nitrogen and oxygen atoms in total.